The van der Waals surface area contributed by atoms with Crippen molar-refractivity contribution in [2.75, 3.05) is 6.61 Å². The minimum Gasteiger partial charge on any atom is -0.404 e. The average molecular weight is 353 g/mol. The lowest BCUT2D eigenvalue weighted by Crippen LogP contribution is -2.17. The molecule has 0 aromatic heterocycles. The molecule has 0 spiro atoms. The fourth-order valence-electron chi connectivity index (χ4n) is 2.26. The zero-order chi connectivity index (χ0) is 17.2. The van der Waals surface area contributed by atoms with Crippen molar-refractivity contribution in [3.05, 3.63) is 70.0 Å². The van der Waals surface area contributed by atoms with Gasteiger partial charge in [-0.1, -0.05) is 18.2 Å². The number of phosphoric acid groups is 1. The maximum absolute atomic E-state index is 13.9. The maximum atomic E-state index is 13.9. The third-order valence-corrected chi connectivity index (χ3v) is 4.85. The zero-order valence-electron chi connectivity index (χ0n) is 12.3. The van der Waals surface area contributed by atoms with Crippen molar-refractivity contribution >= 4 is 13.5 Å². The molecule has 7 nitrogen and oxygen atoms in total. The van der Waals surface area contributed by atoms with Crippen LogP contribution in [0.4, 0.5) is 10.1 Å². The lowest BCUT2D eigenvalue weighted by atomic mass is 10.1. The summed E-state index contributed by atoms with van der Waals surface area (Å²) in [4.78, 5) is 10.1. The monoisotopic (exact) mass is 353 g/mol. The van der Waals surface area contributed by atoms with Gasteiger partial charge in [0.1, 0.15) is 17.7 Å². The third kappa shape index (κ3) is 3.62. The molecule has 9 heteroatoms. The van der Waals surface area contributed by atoms with Crippen LogP contribution in [0.2, 0.25) is 0 Å². The Morgan fingerprint density at radius 1 is 1.21 bits per heavy atom. The fourth-order valence-corrected chi connectivity index (χ4v) is 3.66. The maximum Gasteiger partial charge on any atom is 0.530 e. The second kappa shape index (κ2) is 6.68. The van der Waals surface area contributed by atoms with E-state index in [2.05, 4.69) is 0 Å². The number of rotatable bonds is 4. The molecule has 1 saturated heterocycles. The largest absolute Gasteiger partial charge is 0.530 e. The van der Waals surface area contributed by atoms with Gasteiger partial charge in [0.25, 0.3) is 5.69 Å². The molecule has 126 valence electrons. The van der Waals surface area contributed by atoms with E-state index in [0.717, 1.165) is 0 Å². The highest BCUT2D eigenvalue weighted by Gasteiger charge is 2.38. The van der Waals surface area contributed by atoms with E-state index in [1.165, 1.54) is 30.3 Å². The van der Waals surface area contributed by atoms with Crippen LogP contribution in [0.15, 0.2) is 48.5 Å². The first-order valence-electron chi connectivity index (χ1n) is 7.08. The molecule has 2 aromatic rings. The highest BCUT2D eigenvalue weighted by Crippen LogP contribution is 2.56. The SMILES string of the molecule is O=[N+]([O-])c1ccc(OP2(=O)OCCC(c3ccccc3F)O2)cc1. The van der Waals surface area contributed by atoms with Gasteiger partial charge in [-0.2, -0.15) is 0 Å². The Balaban J connectivity index is 1.76. The number of hydrogen-bond donors (Lipinski definition) is 0. The Morgan fingerprint density at radius 3 is 2.58 bits per heavy atom. The molecule has 2 unspecified atom stereocenters. The van der Waals surface area contributed by atoms with Gasteiger partial charge in [0.2, 0.25) is 0 Å². The van der Waals surface area contributed by atoms with Crippen molar-refractivity contribution in [1.82, 2.24) is 0 Å². The van der Waals surface area contributed by atoms with Gasteiger partial charge in [-0.3, -0.25) is 19.2 Å². The van der Waals surface area contributed by atoms with Crippen LogP contribution in [0.3, 0.4) is 0 Å². The van der Waals surface area contributed by atoms with Gasteiger partial charge in [0.15, 0.2) is 0 Å². The zero-order valence-corrected chi connectivity index (χ0v) is 13.2. The predicted molar refractivity (Wildman–Crippen MR) is 82.1 cm³/mol. The number of halogens is 1. The second-order valence-electron chi connectivity index (χ2n) is 5.03. The lowest BCUT2D eigenvalue weighted by Gasteiger charge is -2.29. The van der Waals surface area contributed by atoms with Crippen LogP contribution in [-0.4, -0.2) is 11.5 Å². The molecule has 0 saturated carbocycles. The number of nitrogens with zero attached hydrogens (tertiary/aromatic N) is 1. The summed E-state index contributed by atoms with van der Waals surface area (Å²) >= 11 is 0. The van der Waals surface area contributed by atoms with Crippen LogP contribution >= 0.6 is 7.82 Å². The average Bonchev–Trinajstić information content (AvgIpc) is 2.55. The summed E-state index contributed by atoms with van der Waals surface area (Å²) in [6.45, 7) is 0.0727. The number of hydrogen-bond acceptors (Lipinski definition) is 6. The van der Waals surface area contributed by atoms with Gasteiger partial charge in [-0.25, -0.2) is 8.96 Å². The van der Waals surface area contributed by atoms with Crippen molar-refractivity contribution in [3.8, 4) is 5.75 Å². The van der Waals surface area contributed by atoms with E-state index in [4.69, 9.17) is 13.6 Å². The number of benzene rings is 2. The molecule has 1 fully saturated rings. The van der Waals surface area contributed by atoms with E-state index in [9.17, 15) is 19.1 Å². The van der Waals surface area contributed by atoms with Crippen molar-refractivity contribution in [2.45, 2.75) is 12.5 Å². The lowest BCUT2D eigenvalue weighted by molar-refractivity contribution is -0.384. The smallest absolute Gasteiger partial charge is 0.404 e. The van der Waals surface area contributed by atoms with Crippen LogP contribution in [0.5, 0.6) is 5.75 Å². The van der Waals surface area contributed by atoms with Crippen molar-refractivity contribution in [2.24, 2.45) is 0 Å². The minimum atomic E-state index is -3.95. The van der Waals surface area contributed by atoms with Crippen molar-refractivity contribution in [1.29, 1.82) is 0 Å². The fraction of sp³-hybridized carbons (Fsp3) is 0.200. The molecule has 1 aliphatic rings. The highest BCUT2D eigenvalue weighted by atomic mass is 31.2. The molecular formula is C15H13FNO6P. The Kier molecular flexibility index (Phi) is 4.62. The molecule has 1 heterocycles. The van der Waals surface area contributed by atoms with Crippen LogP contribution in [0.25, 0.3) is 0 Å². The molecule has 24 heavy (non-hydrogen) atoms. The van der Waals surface area contributed by atoms with E-state index in [0.29, 0.717) is 6.42 Å². The first kappa shape index (κ1) is 16.6. The quantitative estimate of drug-likeness (QED) is 0.460. The topological polar surface area (TPSA) is 87.9 Å². The van der Waals surface area contributed by atoms with Crippen LogP contribution in [0.1, 0.15) is 18.1 Å². The van der Waals surface area contributed by atoms with Crippen molar-refractivity contribution in [3.63, 3.8) is 0 Å². The van der Waals surface area contributed by atoms with E-state index in [1.807, 2.05) is 0 Å². The number of nitro benzene ring substituents is 1. The molecule has 2 atom stereocenters. The molecule has 0 bridgehead atoms. The number of non-ortho nitro benzene ring substituents is 1. The number of phosphoric ester groups is 1. The van der Waals surface area contributed by atoms with Crippen LogP contribution in [-0.2, 0) is 13.6 Å². The summed E-state index contributed by atoms with van der Waals surface area (Å²) in [6.07, 6.45) is -0.432. The van der Waals surface area contributed by atoms with Gasteiger partial charge < -0.3 is 4.52 Å². The summed E-state index contributed by atoms with van der Waals surface area (Å²) in [5, 5.41) is 10.6. The summed E-state index contributed by atoms with van der Waals surface area (Å²) in [5.41, 5.74) is 0.142. The van der Waals surface area contributed by atoms with Crippen molar-refractivity contribution < 1.29 is 27.5 Å². The molecule has 2 aromatic carbocycles. The normalized spacial score (nSPS) is 23.6. The Labute approximate surface area is 136 Å². The molecular weight excluding hydrogens is 340 g/mol. The van der Waals surface area contributed by atoms with Gasteiger partial charge in [-0.15, -0.1) is 0 Å². The first-order valence-corrected chi connectivity index (χ1v) is 8.54. The Morgan fingerprint density at radius 2 is 1.92 bits per heavy atom. The molecule has 3 rings (SSSR count). The molecule has 1 aliphatic heterocycles. The standard InChI is InChI=1S/C15H13FNO6P/c16-14-4-2-1-3-13(14)15-9-10-21-24(20,23-15)22-12-7-5-11(6-8-12)17(18)19/h1-8,15H,9-10H2. The van der Waals surface area contributed by atoms with Gasteiger partial charge in [0.05, 0.1) is 11.5 Å². The third-order valence-electron chi connectivity index (χ3n) is 3.40. The van der Waals surface area contributed by atoms with Crippen LogP contribution in [0, 0.1) is 15.9 Å². The summed E-state index contributed by atoms with van der Waals surface area (Å²) in [5.74, 6) is -0.371. The minimum absolute atomic E-state index is 0.0727. The summed E-state index contributed by atoms with van der Waals surface area (Å²) < 4.78 is 42.1. The van der Waals surface area contributed by atoms with Crippen LogP contribution < -0.4 is 4.52 Å². The second-order valence-corrected chi connectivity index (χ2v) is 6.57. The number of nitro groups is 1. The predicted octanol–water partition coefficient (Wildman–Crippen LogP) is 4.40. The van der Waals surface area contributed by atoms with E-state index < -0.39 is 24.7 Å². The molecule has 0 aliphatic carbocycles. The summed E-state index contributed by atoms with van der Waals surface area (Å²) in [7, 11) is -3.95. The van der Waals surface area contributed by atoms with E-state index >= 15 is 0 Å². The molecule has 0 amide bonds. The van der Waals surface area contributed by atoms with Gasteiger partial charge >= 0.3 is 7.82 Å². The first-order chi connectivity index (χ1) is 11.5. The van der Waals surface area contributed by atoms with E-state index in [1.54, 1.807) is 18.2 Å². The Hall–Kier alpha value is -2.28. The molecule has 0 radical (unpaired) electrons. The van der Waals surface area contributed by atoms with E-state index in [-0.39, 0.29) is 23.6 Å². The van der Waals surface area contributed by atoms with Gasteiger partial charge in [0, 0.05) is 24.1 Å². The Bertz CT molecular complexity index is 797. The molecule has 0 N–H and O–H groups in total. The highest BCUT2D eigenvalue weighted by molar-refractivity contribution is 7.49. The van der Waals surface area contributed by atoms with Gasteiger partial charge in [-0.05, 0) is 18.2 Å². The summed E-state index contributed by atoms with van der Waals surface area (Å²) in [6, 6.07) is 11.0.